The van der Waals surface area contributed by atoms with Crippen molar-refractivity contribution < 1.29 is 19.5 Å². The predicted octanol–water partition coefficient (Wildman–Crippen LogP) is 1.83. The monoisotopic (exact) mass is 291 g/mol. The van der Waals surface area contributed by atoms with Gasteiger partial charge < -0.3 is 5.11 Å². The van der Waals surface area contributed by atoms with Crippen LogP contribution in [0.1, 0.15) is 38.5 Å². The highest BCUT2D eigenvalue weighted by atomic mass is 16.4. The molecule has 0 unspecified atom stereocenters. The molecule has 3 rings (SSSR count). The maximum atomic E-state index is 12.4. The van der Waals surface area contributed by atoms with E-state index in [1.165, 1.54) is 4.90 Å². The molecule has 0 bridgehead atoms. The van der Waals surface area contributed by atoms with Crippen LogP contribution in [0.4, 0.5) is 0 Å². The predicted molar refractivity (Wildman–Crippen MR) is 75.2 cm³/mol. The van der Waals surface area contributed by atoms with E-state index in [1.807, 2.05) is 12.2 Å². The largest absolute Gasteiger partial charge is 0.481 e. The summed E-state index contributed by atoms with van der Waals surface area (Å²) < 4.78 is 0. The van der Waals surface area contributed by atoms with Gasteiger partial charge in [0.2, 0.25) is 11.8 Å². The van der Waals surface area contributed by atoms with E-state index in [4.69, 9.17) is 5.11 Å². The van der Waals surface area contributed by atoms with Gasteiger partial charge in [-0.15, -0.1) is 0 Å². The van der Waals surface area contributed by atoms with Crippen molar-refractivity contribution >= 4 is 17.8 Å². The van der Waals surface area contributed by atoms with Crippen LogP contribution in [-0.4, -0.2) is 34.3 Å². The van der Waals surface area contributed by atoms with Crippen LogP contribution in [0.3, 0.4) is 0 Å². The molecule has 2 aliphatic carbocycles. The zero-order valence-electron chi connectivity index (χ0n) is 12.0. The Morgan fingerprint density at radius 3 is 2.05 bits per heavy atom. The number of nitrogens with zero attached hydrogens (tertiary/aromatic N) is 1. The van der Waals surface area contributed by atoms with Gasteiger partial charge in [-0.25, -0.2) is 0 Å². The quantitative estimate of drug-likeness (QED) is 0.636. The lowest BCUT2D eigenvalue weighted by molar-refractivity contribution is -0.145. The Morgan fingerprint density at radius 1 is 1.05 bits per heavy atom. The van der Waals surface area contributed by atoms with Crippen molar-refractivity contribution in [1.29, 1.82) is 0 Å². The second kappa shape index (κ2) is 5.62. The Balaban J connectivity index is 1.60. The first-order valence-electron chi connectivity index (χ1n) is 7.81. The van der Waals surface area contributed by atoms with Gasteiger partial charge in [-0.1, -0.05) is 12.2 Å². The molecular formula is C16H21NO4. The second-order valence-electron chi connectivity index (χ2n) is 6.50. The van der Waals surface area contributed by atoms with Crippen molar-refractivity contribution in [3.05, 3.63) is 12.2 Å². The maximum Gasteiger partial charge on any atom is 0.306 e. The topological polar surface area (TPSA) is 74.7 Å². The van der Waals surface area contributed by atoms with E-state index >= 15 is 0 Å². The first kappa shape index (κ1) is 14.3. The number of amides is 2. The van der Waals surface area contributed by atoms with Crippen LogP contribution in [0.15, 0.2) is 12.2 Å². The van der Waals surface area contributed by atoms with Gasteiger partial charge in [0.15, 0.2) is 0 Å². The third-order valence-electron chi connectivity index (χ3n) is 5.24. The van der Waals surface area contributed by atoms with E-state index in [9.17, 15) is 14.4 Å². The van der Waals surface area contributed by atoms with Gasteiger partial charge in [-0.3, -0.25) is 19.3 Å². The van der Waals surface area contributed by atoms with E-state index in [0.29, 0.717) is 32.2 Å². The number of hydrogen-bond donors (Lipinski definition) is 1. The van der Waals surface area contributed by atoms with Crippen LogP contribution in [0.25, 0.3) is 0 Å². The number of allylic oxidation sites excluding steroid dienone is 2. The molecule has 5 heteroatoms. The zero-order valence-corrected chi connectivity index (χ0v) is 12.0. The third-order valence-corrected chi connectivity index (χ3v) is 5.24. The summed E-state index contributed by atoms with van der Waals surface area (Å²) >= 11 is 0. The number of carboxylic acid groups (broad SMARTS) is 1. The summed E-state index contributed by atoms with van der Waals surface area (Å²) in [6.45, 7) is 0.483. The molecule has 0 aromatic rings. The van der Waals surface area contributed by atoms with Crippen LogP contribution in [0, 0.1) is 23.7 Å². The number of fused-ring (bicyclic) bond motifs is 1. The number of carbonyl (C=O) groups is 3. The van der Waals surface area contributed by atoms with E-state index < -0.39 is 5.97 Å². The summed E-state index contributed by atoms with van der Waals surface area (Å²) in [7, 11) is 0. The number of carbonyl (C=O) groups excluding carboxylic acids is 2. The minimum absolute atomic E-state index is 0.0188. The van der Waals surface area contributed by atoms with Gasteiger partial charge in [0.1, 0.15) is 0 Å². The summed E-state index contributed by atoms with van der Waals surface area (Å²) in [5, 5.41) is 9.01. The lowest BCUT2D eigenvalue weighted by atomic mass is 9.82. The second-order valence-corrected chi connectivity index (χ2v) is 6.50. The van der Waals surface area contributed by atoms with Gasteiger partial charge in [0.25, 0.3) is 0 Å². The Hall–Kier alpha value is -1.65. The number of likely N-dealkylation sites (tertiary alicyclic amines) is 1. The number of aliphatic carboxylic acids is 1. The SMILES string of the molecule is O=C(O)C1CCC(CN2C(=O)[C@H]3CC=CC[C@H]3C2=O)CC1. The van der Waals surface area contributed by atoms with Crippen molar-refractivity contribution in [3.8, 4) is 0 Å². The normalized spacial score (nSPS) is 35.9. The van der Waals surface area contributed by atoms with Gasteiger partial charge in [0.05, 0.1) is 17.8 Å². The maximum absolute atomic E-state index is 12.4. The molecule has 1 saturated carbocycles. The molecule has 1 N–H and O–H groups in total. The molecule has 3 aliphatic rings. The summed E-state index contributed by atoms with van der Waals surface area (Å²) in [5.74, 6) is -1.06. The molecule has 0 spiro atoms. The number of rotatable bonds is 3. The fraction of sp³-hybridized carbons (Fsp3) is 0.688. The van der Waals surface area contributed by atoms with Crippen molar-refractivity contribution in [2.24, 2.45) is 23.7 Å². The smallest absolute Gasteiger partial charge is 0.306 e. The molecule has 2 atom stereocenters. The van der Waals surface area contributed by atoms with Crippen LogP contribution in [0.5, 0.6) is 0 Å². The fourth-order valence-corrected chi connectivity index (χ4v) is 3.90. The van der Waals surface area contributed by atoms with Gasteiger partial charge in [-0.2, -0.15) is 0 Å². The molecule has 0 radical (unpaired) electrons. The highest BCUT2D eigenvalue weighted by Crippen LogP contribution is 2.37. The van der Waals surface area contributed by atoms with Crippen molar-refractivity contribution in [2.75, 3.05) is 6.54 Å². The number of imide groups is 1. The first-order chi connectivity index (χ1) is 10.1. The minimum atomic E-state index is -0.723. The van der Waals surface area contributed by atoms with E-state index in [0.717, 1.165) is 12.8 Å². The molecular weight excluding hydrogens is 270 g/mol. The van der Waals surface area contributed by atoms with Crippen LogP contribution in [0.2, 0.25) is 0 Å². The summed E-state index contributed by atoms with van der Waals surface area (Å²) in [4.78, 5) is 37.2. The molecule has 1 heterocycles. The van der Waals surface area contributed by atoms with Crippen molar-refractivity contribution in [2.45, 2.75) is 38.5 Å². The van der Waals surface area contributed by atoms with Crippen molar-refractivity contribution in [3.63, 3.8) is 0 Å². The summed E-state index contributed by atoms with van der Waals surface area (Å²) in [5.41, 5.74) is 0. The number of carboxylic acids is 1. The highest BCUT2D eigenvalue weighted by Gasteiger charge is 2.47. The van der Waals surface area contributed by atoms with Crippen LogP contribution >= 0.6 is 0 Å². The molecule has 114 valence electrons. The molecule has 2 amide bonds. The minimum Gasteiger partial charge on any atom is -0.481 e. The molecule has 1 aliphatic heterocycles. The van der Waals surface area contributed by atoms with Gasteiger partial charge in [0, 0.05) is 6.54 Å². The average molecular weight is 291 g/mol. The zero-order chi connectivity index (χ0) is 15.0. The first-order valence-corrected chi connectivity index (χ1v) is 7.81. The lowest BCUT2D eigenvalue weighted by Gasteiger charge is -2.29. The molecule has 2 fully saturated rings. The van der Waals surface area contributed by atoms with E-state index in [2.05, 4.69) is 0 Å². The average Bonchev–Trinajstić information content (AvgIpc) is 2.73. The Kier molecular flexibility index (Phi) is 3.83. The Bertz CT molecular complexity index is 465. The molecule has 0 aromatic heterocycles. The molecule has 5 nitrogen and oxygen atoms in total. The molecule has 1 saturated heterocycles. The van der Waals surface area contributed by atoms with Gasteiger partial charge in [-0.05, 0) is 44.4 Å². The Labute approximate surface area is 124 Å². The third kappa shape index (κ3) is 2.61. The van der Waals surface area contributed by atoms with Crippen molar-refractivity contribution in [1.82, 2.24) is 4.90 Å². The van der Waals surface area contributed by atoms with E-state index in [-0.39, 0.29) is 35.5 Å². The molecule has 0 aromatic carbocycles. The number of hydrogen-bond acceptors (Lipinski definition) is 3. The van der Waals surface area contributed by atoms with E-state index in [1.54, 1.807) is 0 Å². The fourth-order valence-electron chi connectivity index (χ4n) is 3.90. The summed E-state index contributed by atoms with van der Waals surface area (Å²) in [6.07, 6.45) is 8.25. The highest BCUT2D eigenvalue weighted by molar-refractivity contribution is 6.05. The Morgan fingerprint density at radius 2 is 1.57 bits per heavy atom. The lowest BCUT2D eigenvalue weighted by Crippen LogP contribution is -2.37. The standard InChI is InChI=1S/C16H21NO4/c18-14-12-3-1-2-4-13(12)15(19)17(14)9-10-5-7-11(8-6-10)16(20)21/h1-2,10-13H,3-9H2,(H,20,21)/t10?,11?,12-,13+. The van der Waals surface area contributed by atoms with Crippen LogP contribution < -0.4 is 0 Å². The summed E-state index contributed by atoms with van der Waals surface area (Å²) in [6, 6.07) is 0. The van der Waals surface area contributed by atoms with Gasteiger partial charge >= 0.3 is 5.97 Å². The molecule has 21 heavy (non-hydrogen) atoms. The van der Waals surface area contributed by atoms with Crippen LogP contribution in [-0.2, 0) is 14.4 Å².